The molecule has 0 bridgehead atoms. The zero-order valence-corrected chi connectivity index (χ0v) is 11.8. The summed E-state index contributed by atoms with van der Waals surface area (Å²) >= 11 is 0. The van der Waals surface area contributed by atoms with Gasteiger partial charge in [-0.05, 0) is 24.6 Å². The highest BCUT2D eigenvalue weighted by Crippen LogP contribution is 2.22. The number of rotatable bonds is 3. The molecule has 3 rings (SSSR count). The van der Waals surface area contributed by atoms with Gasteiger partial charge < -0.3 is 5.32 Å². The molecule has 1 aromatic heterocycles. The smallest absolute Gasteiger partial charge is 0.270 e. The summed E-state index contributed by atoms with van der Waals surface area (Å²) in [5, 5.41) is 14.5. The number of anilines is 1. The maximum atomic E-state index is 11.4. The molecule has 0 amide bonds. The van der Waals surface area contributed by atoms with Crippen molar-refractivity contribution in [2.75, 3.05) is 16.8 Å². The largest absolute Gasteiger partial charge is 0.366 e. The number of nitro groups is 1. The molecule has 1 aliphatic heterocycles. The maximum Gasteiger partial charge on any atom is 0.270 e. The van der Waals surface area contributed by atoms with Gasteiger partial charge in [-0.2, -0.15) is 0 Å². The van der Waals surface area contributed by atoms with E-state index in [2.05, 4.69) is 10.3 Å². The van der Waals surface area contributed by atoms with Crippen LogP contribution < -0.4 is 5.32 Å². The van der Waals surface area contributed by atoms with Crippen LogP contribution >= 0.6 is 0 Å². The van der Waals surface area contributed by atoms with Gasteiger partial charge in [0.1, 0.15) is 5.82 Å². The van der Waals surface area contributed by atoms with E-state index < -0.39 is 14.8 Å². The predicted octanol–water partition coefficient (Wildman–Crippen LogP) is 1.74. The molecule has 1 atom stereocenters. The monoisotopic (exact) mass is 307 g/mol. The Kier molecular flexibility index (Phi) is 3.25. The minimum atomic E-state index is -2.94. The Balaban J connectivity index is 1.85. The van der Waals surface area contributed by atoms with Gasteiger partial charge >= 0.3 is 0 Å². The second kappa shape index (κ2) is 4.96. The first kappa shape index (κ1) is 13.7. The molecule has 0 saturated carbocycles. The number of pyridine rings is 1. The van der Waals surface area contributed by atoms with Crippen LogP contribution in [0.25, 0.3) is 10.9 Å². The van der Waals surface area contributed by atoms with Crippen LogP contribution in [0.15, 0.2) is 30.3 Å². The van der Waals surface area contributed by atoms with Crippen LogP contribution in [0.1, 0.15) is 6.42 Å². The number of hydrogen-bond donors (Lipinski definition) is 1. The lowest BCUT2D eigenvalue weighted by atomic mass is 10.2. The zero-order valence-electron chi connectivity index (χ0n) is 11.0. The summed E-state index contributed by atoms with van der Waals surface area (Å²) in [6.45, 7) is 0. The van der Waals surface area contributed by atoms with Crippen LogP contribution in [0, 0.1) is 10.1 Å². The minimum Gasteiger partial charge on any atom is -0.366 e. The van der Waals surface area contributed by atoms with E-state index in [1.54, 1.807) is 18.2 Å². The molecule has 0 spiro atoms. The molecule has 110 valence electrons. The van der Waals surface area contributed by atoms with Gasteiger partial charge in [0.15, 0.2) is 9.84 Å². The molecule has 1 aliphatic rings. The lowest BCUT2D eigenvalue weighted by molar-refractivity contribution is -0.384. The van der Waals surface area contributed by atoms with Crippen molar-refractivity contribution in [2.45, 2.75) is 12.5 Å². The van der Waals surface area contributed by atoms with E-state index in [9.17, 15) is 18.5 Å². The van der Waals surface area contributed by atoms with Crippen LogP contribution in [-0.2, 0) is 9.84 Å². The van der Waals surface area contributed by atoms with Crippen LogP contribution in [0.2, 0.25) is 0 Å². The molecule has 1 unspecified atom stereocenters. The number of hydrogen-bond acceptors (Lipinski definition) is 6. The number of aromatic nitrogens is 1. The number of benzene rings is 1. The second-order valence-corrected chi connectivity index (χ2v) is 7.30. The summed E-state index contributed by atoms with van der Waals surface area (Å²) < 4.78 is 22.8. The van der Waals surface area contributed by atoms with Crippen LogP contribution in [0.5, 0.6) is 0 Å². The van der Waals surface area contributed by atoms with E-state index in [0.717, 1.165) is 0 Å². The summed E-state index contributed by atoms with van der Waals surface area (Å²) in [5.41, 5.74) is 0.651. The number of nitrogens with one attached hydrogen (secondary N) is 1. The molecular formula is C13H13N3O4S. The summed E-state index contributed by atoms with van der Waals surface area (Å²) in [6, 6.07) is 7.77. The third-order valence-corrected chi connectivity index (χ3v) is 5.24. The highest BCUT2D eigenvalue weighted by Gasteiger charge is 2.27. The fourth-order valence-electron chi connectivity index (χ4n) is 2.42. The van der Waals surface area contributed by atoms with Gasteiger partial charge in [-0.1, -0.05) is 0 Å². The van der Waals surface area contributed by atoms with Crippen LogP contribution in [0.3, 0.4) is 0 Å². The van der Waals surface area contributed by atoms with Gasteiger partial charge in [-0.15, -0.1) is 0 Å². The van der Waals surface area contributed by atoms with Crippen molar-refractivity contribution < 1.29 is 13.3 Å². The second-order valence-electron chi connectivity index (χ2n) is 5.07. The van der Waals surface area contributed by atoms with Crippen molar-refractivity contribution >= 4 is 32.2 Å². The van der Waals surface area contributed by atoms with E-state index in [1.165, 1.54) is 12.1 Å². The minimum absolute atomic E-state index is 0.0203. The Morgan fingerprint density at radius 2 is 2.10 bits per heavy atom. The fraction of sp³-hybridized carbons (Fsp3) is 0.308. The van der Waals surface area contributed by atoms with Gasteiger partial charge in [0.25, 0.3) is 5.69 Å². The Bertz CT molecular complexity index is 819. The molecule has 8 heteroatoms. The SMILES string of the molecule is O=[N+]([O-])c1ccc2nc(NC3CCS(=O)(=O)C3)ccc2c1. The zero-order chi connectivity index (χ0) is 15.0. The summed E-state index contributed by atoms with van der Waals surface area (Å²) in [4.78, 5) is 14.6. The van der Waals surface area contributed by atoms with E-state index in [-0.39, 0.29) is 23.2 Å². The highest BCUT2D eigenvalue weighted by atomic mass is 32.2. The summed E-state index contributed by atoms with van der Waals surface area (Å²) in [7, 11) is -2.94. The van der Waals surface area contributed by atoms with Gasteiger partial charge in [-0.25, -0.2) is 13.4 Å². The van der Waals surface area contributed by atoms with Crippen molar-refractivity contribution in [2.24, 2.45) is 0 Å². The van der Waals surface area contributed by atoms with Crippen molar-refractivity contribution in [3.05, 3.63) is 40.4 Å². The first-order valence-electron chi connectivity index (χ1n) is 6.45. The molecule has 1 aromatic carbocycles. The standard InChI is InChI=1S/C13H13N3O4S/c17-16(18)11-2-3-12-9(7-11)1-4-13(15-12)14-10-5-6-21(19,20)8-10/h1-4,7,10H,5-6,8H2,(H,14,15). The van der Waals surface area contributed by atoms with Crippen molar-refractivity contribution in [3.63, 3.8) is 0 Å². The van der Waals surface area contributed by atoms with E-state index in [4.69, 9.17) is 0 Å². The quantitative estimate of drug-likeness (QED) is 0.684. The van der Waals surface area contributed by atoms with Gasteiger partial charge in [0.05, 0.1) is 21.9 Å². The molecule has 1 fully saturated rings. The Hall–Kier alpha value is -2.22. The number of sulfone groups is 1. The molecular weight excluding hydrogens is 294 g/mol. The van der Waals surface area contributed by atoms with Crippen molar-refractivity contribution in [1.29, 1.82) is 0 Å². The summed E-state index contributed by atoms with van der Waals surface area (Å²) in [6.07, 6.45) is 0.572. The van der Waals surface area contributed by atoms with Gasteiger partial charge in [0.2, 0.25) is 0 Å². The Morgan fingerprint density at radius 3 is 2.76 bits per heavy atom. The molecule has 1 saturated heterocycles. The molecule has 2 aromatic rings. The van der Waals surface area contributed by atoms with Gasteiger partial charge in [-0.3, -0.25) is 10.1 Å². The third kappa shape index (κ3) is 2.94. The third-order valence-electron chi connectivity index (χ3n) is 3.47. The number of fused-ring (bicyclic) bond motifs is 1. The lowest BCUT2D eigenvalue weighted by Gasteiger charge is -2.11. The van der Waals surface area contributed by atoms with E-state index in [1.807, 2.05) is 0 Å². The van der Waals surface area contributed by atoms with Crippen molar-refractivity contribution in [1.82, 2.24) is 4.98 Å². The highest BCUT2D eigenvalue weighted by molar-refractivity contribution is 7.91. The van der Waals surface area contributed by atoms with Gasteiger partial charge in [0, 0.05) is 23.6 Å². The van der Waals surface area contributed by atoms with Crippen molar-refractivity contribution in [3.8, 4) is 0 Å². The normalized spacial score (nSPS) is 20.5. The number of nitrogens with zero attached hydrogens (tertiary/aromatic N) is 2. The van der Waals surface area contributed by atoms with E-state index in [0.29, 0.717) is 23.1 Å². The Labute approximate surface area is 121 Å². The summed E-state index contributed by atoms with van der Waals surface area (Å²) in [5.74, 6) is 0.899. The molecule has 2 heterocycles. The lowest BCUT2D eigenvalue weighted by Crippen LogP contribution is -2.21. The first-order valence-corrected chi connectivity index (χ1v) is 8.27. The molecule has 1 N–H and O–H groups in total. The number of non-ortho nitro benzene ring substituents is 1. The first-order chi connectivity index (χ1) is 9.93. The topological polar surface area (TPSA) is 102 Å². The van der Waals surface area contributed by atoms with Crippen LogP contribution in [-0.4, -0.2) is 35.9 Å². The predicted molar refractivity (Wildman–Crippen MR) is 79.1 cm³/mol. The fourth-order valence-corrected chi connectivity index (χ4v) is 4.10. The van der Waals surface area contributed by atoms with E-state index >= 15 is 0 Å². The Morgan fingerprint density at radius 1 is 1.29 bits per heavy atom. The molecule has 0 aliphatic carbocycles. The molecule has 7 nitrogen and oxygen atoms in total. The average molecular weight is 307 g/mol. The molecule has 21 heavy (non-hydrogen) atoms. The molecule has 0 radical (unpaired) electrons. The van der Waals surface area contributed by atoms with Crippen LogP contribution in [0.4, 0.5) is 11.5 Å². The maximum absolute atomic E-state index is 11.4. The number of nitro benzene ring substituents is 1. The average Bonchev–Trinajstić information content (AvgIpc) is 2.77.